The van der Waals surface area contributed by atoms with E-state index in [9.17, 15) is 0 Å². The summed E-state index contributed by atoms with van der Waals surface area (Å²) in [5.74, 6) is 0. The molecule has 2 aromatic carbocycles. The maximum absolute atomic E-state index is 5.74. The van der Waals surface area contributed by atoms with Crippen LogP contribution < -0.4 is 22.9 Å². The Balaban J connectivity index is 0.000000550. The Morgan fingerprint density at radius 1 is 0.632 bits per heavy atom. The second-order valence-electron chi connectivity index (χ2n) is 3.74. The average molecular weight is 344 g/mol. The van der Waals surface area contributed by atoms with E-state index in [2.05, 4.69) is 0 Å². The number of benzene rings is 2. The van der Waals surface area contributed by atoms with Gasteiger partial charge >= 0.3 is 33.2 Å². The van der Waals surface area contributed by atoms with Crippen molar-refractivity contribution in [1.82, 2.24) is 0 Å². The fourth-order valence-electron chi connectivity index (χ4n) is 1.51. The molecule has 0 aliphatic carbocycles. The van der Waals surface area contributed by atoms with Crippen LogP contribution in [0.5, 0.6) is 0 Å². The number of nitrogens with two attached hydrogens (primary N) is 4. The molecule has 0 saturated heterocycles. The maximum atomic E-state index is 5.74. The van der Waals surface area contributed by atoms with Crippen molar-refractivity contribution in [1.29, 1.82) is 0 Å². The third-order valence-corrected chi connectivity index (χ3v) is 2.51. The van der Waals surface area contributed by atoms with Gasteiger partial charge in [-0.05, 0) is 35.4 Å². The average Bonchev–Trinajstić information content (AvgIpc) is 2.37. The van der Waals surface area contributed by atoms with E-state index in [0.717, 1.165) is 11.1 Å². The van der Waals surface area contributed by atoms with Crippen LogP contribution in [0.3, 0.4) is 0 Å². The van der Waals surface area contributed by atoms with E-state index in [4.69, 9.17) is 43.2 Å². The van der Waals surface area contributed by atoms with Crippen molar-refractivity contribution in [3.05, 3.63) is 36.4 Å². The second kappa shape index (κ2) is 7.35. The molecule has 0 fully saturated rings. The summed E-state index contributed by atoms with van der Waals surface area (Å²) in [5.41, 5.74) is 27.0. The van der Waals surface area contributed by atoms with Crippen molar-refractivity contribution in [2.45, 2.75) is 0 Å². The van der Waals surface area contributed by atoms with Crippen molar-refractivity contribution in [2.75, 3.05) is 22.9 Å². The number of anilines is 4. The molecule has 0 spiro atoms. The summed E-state index contributed by atoms with van der Waals surface area (Å²) in [7, 11) is 9.47. The Labute approximate surface area is 126 Å². The molecule has 0 bridgehead atoms. The van der Waals surface area contributed by atoms with Crippen LogP contribution in [0.15, 0.2) is 36.4 Å². The summed E-state index contributed by atoms with van der Waals surface area (Å²) >= 11 is 0.382. The molecule has 0 radical (unpaired) electrons. The minimum absolute atomic E-state index is 0.382. The van der Waals surface area contributed by atoms with Crippen LogP contribution in [-0.4, -0.2) is 0 Å². The van der Waals surface area contributed by atoms with E-state index in [1.54, 1.807) is 12.1 Å². The zero-order valence-electron chi connectivity index (χ0n) is 9.86. The molecule has 2 rings (SSSR count). The van der Waals surface area contributed by atoms with E-state index >= 15 is 0 Å². The monoisotopic (exact) mass is 343 g/mol. The predicted molar refractivity (Wildman–Crippen MR) is 81.2 cm³/mol. The summed E-state index contributed by atoms with van der Waals surface area (Å²) in [5, 5.41) is 0. The van der Waals surface area contributed by atoms with Gasteiger partial charge in [-0.25, -0.2) is 0 Å². The van der Waals surface area contributed by atoms with Crippen LogP contribution >= 0.6 is 20.3 Å². The predicted octanol–water partition coefficient (Wildman–Crippen LogP) is 3.06. The molecule has 0 amide bonds. The number of hydrogen-bond donors (Lipinski definition) is 4. The van der Waals surface area contributed by atoms with Crippen molar-refractivity contribution in [2.24, 2.45) is 0 Å². The first kappa shape index (κ1) is 15.8. The standard InChI is InChI=1S/C12H14N4.2ClH.Co/c13-9-3-1-7(5-11(9)15)8-2-4-10(14)12(16)6-8;;;/h1-6H,13-16H2;2*1H;/q;;;+2/p-2. The molecule has 7 heteroatoms. The molecule has 0 heterocycles. The summed E-state index contributed by atoms with van der Waals surface area (Å²) in [6.45, 7) is 0. The van der Waals surface area contributed by atoms with Crippen LogP contribution in [-0.2, 0) is 12.9 Å². The fourth-order valence-corrected chi connectivity index (χ4v) is 1.51. The second-order valence-corrected chi connectivity index (χ2v) is 5.45. The van der Waals surface area contributed by atoms with E-state index in [-0.39, 0.29) is 0 Å². The third kappa shape index (κ3) is 4.40. The molecule has 0 aliphatic rings. The molecule has 0 aromatic heterocycles. The van der Waals surface area contributed by atoms with Crippen molar-refractivity contribution >= 4 is 43.0 Å². The van der Waals surface area contributed by atoms with Gasteiger partial charge in [-0.15, -0.1) is 0 Å². The van der Waals surface area contributed by atoms with Gasteiger partial charge < -0.3 is 22.9 Å². The molecule has 0 atom stereocenters. The van der Waals surface area contributed by atoms with E-state index in [1.807, 2.05) is 24.3 Å². The van der Waals surface area contributed by atoms with Gasteiger partial charge in [-0.3, -0.25) is 0 Å². The Kier molecular flexibility index (Phi) is 6.10. The zero-order chi connectivity index (χ0) is 14.4. The van der Waals surface area contributed by atoms with E-state index in [1.165, 1.54) is 0 Å². The first-order valence-corrected chi connectivity index (χ1v) is 8.00. The van der Waals surface area contributed by atoms with Crippen molar-refractivity contribution < 1.29 is 12.9 Å². The Hall–Kier alpha value is -1.27. The first-order chi connectivity index (χ1) is 8.99. The molecular weight excluding hydrogens is 330 g/mol. The zero-order valence-corrected chi connectivity index (χ0v) is 12.4. The van der Waals surface area contributed by atoms with E-state index < -0.39 is 0 Å². The number of rotatable bonds is 1. The van der Waals surface area contributed by atoms with Gasteiger partial charge in [0.15, 0.2) is 0 Å². The first-order valence-electron chi connectivity index (χ1n) is 5.13. The van der Waals surface area contributed by atoms with Gasteiger partial charge in [-0.2, -0.15) is 0 Å². The van der Waals surface area contributed by atoms with E-state index in [0.29, 0.717) is 35.6 Å². The Morgan fingerprint density at radius 3 is 1.21 bits per heavy atom. The van der Waals surface area contributed by atoms with Crippen LogP contribution in [0.25, 0.3) is 11.1 Å². The third-order valence-electron chi connectivity index (χ3n) is 2.51. The van der Waals surface area contributed by atoms with Gasteiger partial charge in [0.05, 0.1) is 22.7 Å². The van der Waals surface area contributed by atoms with Gasteiger partial charge in [-0.1, -0.05) is 12.1 Å². The molecule has 8 N–H and O–H groups in total. The summed E-state index contributed by atoms with van der Waals surface area (Å²) in [6.07, 6.45) is 0. The van der Waals surface area contributed by atoms with Gasteiger partial charge in [0.1, 0.15) is 0 Å². The van der Waals surface area contributed by atoms with Gasteiger partial charge in [0.2, 0.25) is 0 Å². The van der Waals surface area contributed by atoms with Crippen LogP contribution in [0.1, 0.15) is 0 Å². The fraction of sp³-hybridized carbons (Fsp3) is 0. The van der Waals surface area contributed by atoms with Gasteiger partial charge in [0, 0.05) is 0 Å². The molecule has 0 saturated carbocycles. The molecular formula is C12H14Cl2CoN4. The normalized spacial score (nSPS) is 9.79. The minimum atomic E-state index is 0.382. The van der Waals surface area contributed by atoms with Crippen LogP contribution in [0, 0.1) is 0 Å². The summed E-state index contributed by atoms with van der Waals surface area (Å²) < 4.78 is 0. The number of halogens is 2. The topological polar surface area (TPSA) is 104 Å². The molecule has 105 valence electrons. The summed E-state index contributed by atoms with van der Waals surface area (Å²) in [6, 6.07) is 11.0. The molecule has 19 heavy (non-hydrogen) atoms. The van der Waals surface area contributed by atoms with Gasteiger partial charge in [0.25, 0.3) is 0 Å². The SMILES string of the molecule is Nc1ccc(-c2ccc(N)c(N)c2)cc1N.[Cl][Co][Cl]. The Bertz CT molecular complexity index is 514. The van der Waals surface area contributed by atoms with Crippen LogP contribution in [0.2, 0.25) is 0 Å². The molecule has 2 aromatic rings. The van der Waals surface area contributed by atoms with Crippen LogP contribution in [0.4, 0.5) is 22.7 Å². The van der Waals surface area contributed by atoms with Crippen molar-refractivity contribution in [3.8, 4) is 11.1 Å². The number of hydrogen-bond acceptors (Lipinski definition) is 4. The Morgan fingerprint density at radius 2 is 0.947 bits per heavy atom. The molecule has 0 unspecified atom stereocenters. The summed E-state index contributed by atoms with van der Waals surface area (Å²) in [4.78, 5) is 0. The quantitative estimate of drug-likeness (QED) is 0.597. The molecule has 4 nitrogen and oxygen atoms in total. The van der Waals surface area contributed by atoms with Crippen molar-refractivity contribution in [3.63, 3.8) is 0 Å². The number of nitrogen functional groups attached to an aromatic ring is 4. The molecule has 0 aliphatic heterocycles.